The first-order chi connectivity index (χ1) is 7.60. The minimum Gasteiger partial charge on any atom is -1.00 e. The van der Waals surface area contributed by atoms with Crippen LogP contribution in [0.5, 0.6) is 0 Å². The number of aromatic nitrogens is 2. The molecule has 0 aliphatic rings. The lowest BCUT2D eigenvalue weighted by atomic mass is 10.3. The van der Waals surface area contributed by atoms with Gasteiger partial charge >= 0.3 is 10.3 Å². The third kappa shape index (κ3) is 5.06. The molecule has 0 N–H and O–H groups in total. The normalized spacial score (nSPS) is 11.2. The molecule has 0 radical (unpaired) electrons. The Morgan fingerprint density at radius 3 is 2.59 bits per heavy atom. The molecular formula is C10H19ClN2O3S. The van der Waals surface area contributed by atoms with Crippen molar-refractivity contribution in [1.29, 1.82) is 0 Å². The van der Waals surface area contributed by atoms with Crippen molar-refractivity contribution in [3.8, 4) is 0 Å². The third-order valence-electron chi connectivity index (χ3n) is 2.13. The van der Waals surface area contributed by atoms with Gasteiger partial charge < -0.3 is 12.4 Å². The van der Waals surface area contributed by atoms with E-state index < -0.39 is 10.3 Å². The topological polar surface area (TPSA) is 52.2 Å². The summed E-state index contributed by atoms with van der Waals surface area (Å²) in [6.45, 7) is 5.01. The number of hydrogen-bond acceptors (Lipinski definition) is 3. The smallest absolute Gasteiger partial charge is 0.441 e. The van der Waals surface area contributed by atoms with Gasteiger partial charge in [0.2, 0.25) is 0 Å². The van der Waals surface area contributed by atoms with E-state index in [1.165, 1.54) is 6.20 Å². The zero-order valence-electron chi connectivity index (χ0n) is 10.2. The molecule has 0 aliphatic carbocycles. The molecule has 1 aromatic heterocycles. The van der Waals surface area contributed by atoms with Gasteiger partial charge in [-0.1, -0.05) is 20.3 Å². The minimum absolute atomic E-state index is 0. The van der Waals surface area contributed by atoms with Crippen molar-refractivity contribution >= 4 is 10.3 Å². The maximum absolute atomic E-state index is 11.6. The van der Waals surface area contributed by atoms with E-state index in [4.69, 9.17) is 4.18 Å². The fourth-order valence-electron chi connectivity index (χ4n) is 1.23. The van der Waals surface area contributed by atoms with Gasteiger partial charge in [-0.25, -0.2) is 8.75 Å². The van der Waals surface area contributed by atoms with Crippen molar-refractivity contribution in [3.05, 3.63) is 18.7 Å². The van der Waals surface area contributed by atoms with Crippen LogP contribution in [-0.2, 0) is 21.0 Å². The summed E-state index contributed by atoms with van der Waals surface area (Å²) in [5, 5.41) is 0. The lowest BCUT2D eigenvalue weighted by Crippen LogP contribution is -3.00. The minimum atomic E-state index is -3.63. The molecule has 1 rings (SSSR count). The quantitative estimate of drug-likeness (QED) is 0.549. The molecule has 0 spiro atoms. The van der Waals surface area contributed by atoms with Crippen LogP contribution in [0.4, 0.5) is 0 Å². The molecule has 0 atom stereocenters. The Hall–Kier alpha value is -0.590. The predicted octanol–water partition coefficient (Wildman–Crippen LogP) is -1.90. The summed E-state index contributed by atoms with van der Waals surface area (Å²) in [5.74, 6) is 0. The van der Waals surface area contributed by atoms with Crippen LogP contribution in [0.15, 0.2) is 18.7 Å². The summed E-state index contributed by atoms with van der Waals surface area (Å²) >= 11 is 0. The first-order valence-corrected chi connectivity index (χ1v) is 6.93. The van der Waals surface area contributed by atoms with Crippen molar-refractivity contribution in [2.75, 3.05) is 6.61 Å². The number of halogens is 1. The van der Waals surface area contributed by atoms with E-state index in [9.17, 15) is 8.42 Å². The first-order valence-electron chi connectivity index (χ1n) is 5.57. The average Bonchev–Trinajstić information content (AvgIpc) is 2.73. The number of rotatable bonds is 7. The van der Waals surface area contributed by atoms with Crippen LogP contribution >= 0.6 is 0 Å². The Morgan fingerprint density at radius 2 is 2.00 bits per heavy atom. The number of imidazole rings is 1. The second kappa shape index (κ2) is 7.68. The monoisotopic (exact) mass is 282 g/mol. The molecule has 0 saturated heterocycles. The summed E-state index contributed by atoms with van der Waals surface area (Å²) in [7, 11) is -3.63. The van der Waals surface area contributed by atoms with Crippen molar-refractivity contribution in [1.82, 2.24) is 3.97 Å². The van der Waals surface area contributed by atoms with E-state index in [1.54, 1.807) is 12.5 Å². The van der Waals surface area contributed by atoms with Crippen molar-refractivity contribution in [2.24, 2.45) is 0 Å². The molecule has 17 heavy (non-hydrogen) atoms. The highest BCUT2D eigenvalue weighted by atomic mass is 35.5. The second-order valence-corrected chi connectivity index (χ2v) is 5.13. The van der Waals surface area contributed by atoms with Gasteiger partial charge in [-0.15, -0.1) is 3.97 Å². The highest BCUT2D eigenvalue weighted by Crippen LogP contribution is 1.99. The van der Waals surface area contributed by atoms with E-state index in [1.807, 2.05) is 11.5 Å². The zero-order valence-corrected chi connectivity index (χ0v) is 11.7. The summed E-state index contributed by atoms with van der Waals surface area (Å²) in [4.78, 5) is 0. The summed E-state index contributed by atoms with van der Waals surface area (Å²) in [5.41, 5.74) is 0. The van der Waals surface area contributed by atoms with Gasteiger partial charge in [0.1, 0.15) is 12.4 Å². The first kappa shape index (κ1) is 16.4. The lowest BCUT2D eigenvalue weighted by molar-refractivity contribution is -0.696. The van der Waals surface area contributed by atoms with Gasteiger partial charge in [0.05, 0.1) is 13.2 Å². The Bertz CT molecular complexity index is 417. The molecule has 5 nitrogen and oxygen atoms in total. The van der Waals surface area contributed by atoms with Gasteiger partial charge in [0.25, 0.3) is 6.33 Å². The fourth-order valence-corrected chi connectivity index (χ4v) is 2.17. The molecule has 0 aromatic carbocycles. The lowest BCUT2D eigenvalue weighted by Gasteiger charge is -1.98. The van der Waals surface area contributed by atoms with Gasteiger partial charge in [-0.2, -0.15) is 8.42 Å². The van der Waals surface area contributed by atoms with Crippen LogP contribution in [0.1, 0.15) is 33.1 Å². The molecule has 0 unspecified atom stereocenters. The maximum atomic E-state index is 11.6. The Balaban J connectivity index is 0.00000256. The molecule has 0 amide bonds. The van der Waals surface area contributed by atoms with E-state index in [0.29, 0.717) is 6.42 Å². The van der Waals surface area contributed by atoms with Crippen LogP contribution in [0.25, 0.3) is 0 Å². The van der Waals surface area contributed by atoms with E-state index >= 15 is 0 Å². The molecule has 0 bridgehead atoms. The highest BCUT2D eigenvalue weighted by Gasteiger charge is 2.20. The van der Waals surface area contributed by atoms with Crippen LogP contribution in [0.2, 0.25) is 0 Å². The number of nitrogens with zero attached hydrogens (tertiary/aromatic N) is 2. The Kier molecular flexibility index (Phi) is 7.41. The molecular weight excluding hydrogens is 264 g/mol. The Morgan fingerprint density at radius 1 is 1.29 bits per heavy atom. The molecule has 100 valence electrons. The number of hydrogen-bond donors (Lipinski definition) is 0. The molecule has 1 heterocycles. The van der Waals surface area contributed by atoms with Gasteiger partial charge in [-0.05, 0) is 12.8 Å². The largest absolute Gasteiger partial charge is 1.00 e. The van der Waals surface area contributed by atoms with Crippen LogP contribution < -0.4 is 17.0 Å². The van der Waals surface area contributed by atoms with Crippen LogP contribution in [0, 0.1) is 0 Å². The van der Waals surface area contributed by atoms with E-state index in [2.05, 4.69) is 6.92 Å². The SMILES string of the molecule is CCCC[n+]1ccn(S(=O)(=O)OCCC)c1.[Cl-]. The molecule has 0 fully saturated rings. The van der Waals surface area contributed by atoms with Gasteiger partial charge in [0.15, 0.2) is 0 Å². The van der Waals surface area contributed by atoms with Gasteiger partial charge in [0, 0.05) is 0 Å². The third-order valence-corrected chi connectivity index (χ3v) is 3.33. The van der Waals surface area contributed by atoms with Gasteiger partial charge in [-0.3, -0.25) is 0 Å². The second-order valence-electron chi connectivity index (χ2n) is 3.61. The van der Waals surface area contributed by atoms with Crippen LogP contribution in [0.3, 0.4) is 0 Å². The summed E-state index contributed by atoms with van der Waals surface area (Å²) in [6.07, 6.45) is 7.57. The molecule has 1 aromatic rings. The summed E-state index contributed by atoms with van der Waals surface area (Å²) < 4.78 is 31.0. The summed E-state index contributed by atoms with van der Waals surface area (Å²) in [6, 6.07) is 0. The van der Waals surface area contributed by atoms with Crippen molar-refractivity contribution < 1.29 is 29.6 Å². The standard InChI is InChI=1S/C10H19N2O3S.ClH/c1-3-5-6-11-7-8-12(10-11)16(13,14)15-9-4-2;/h7-8,10H,3-6,9H2,1-2H3;1H/q+1;/p-1. The average molecular weight is 283 g/mol. The predicted molar refractivity (Wildman–Crippen MR) is 60.1 cm³/mol. The number of aryl methyl sites for hydroxylation is 1. The fraction of sp³-hybridized carbons (Fsp3) is 0.700. The zero-order chi connectivity index (χ0) is 12.0. The van der Waals surface area contributed by atoms with Crippen molar-refractivity contribution in [2.45, 2.75) is 39.7 Å². The highest BCUT2D eigenvalue weighted by molar-refractivity contribution is 7.85. The molecule has 7 heteroatoms. The number of unbranched alkanes of at least 4 members (excludes halogenated alkanes) is 1. The van der Waals surface area contributed by atoms with Crippen LogP contribution in [-0.4, -0.2) is 19.0 Å². The maximum Gasteiger partial charge on any atom is 0.441 e. The molecule has 0 saturated carbocycles. The molecule has 0 aliphatic heterocycles. The van der Waals surface area contributed by atoms with Crippen molar-refractivity contribution in [3.63, 3.8) is 0 Å². The van der Waals surface area contributed by atoms with E-state index in [0.717, 1.165) is 23.4 Å². The Labute approximate surface area is 109 Å². The van der Waals surface area contributed by atoms with E-state index in [-0.39, 0.29) is 19.0 Å².